The number of rotatable bonds is 8. The molecule has 0 aliphatic carbocycles. The van der Waals surface area contributed by atoms with E-state index in [4.69, 9.17) is 15.6 Å². The molecule has 2 aromatic carbocycles. The number of hydrogen-bond acceptors (Lipinski definition) is 8. The van der Waals surface area contributed by atoms with Crippen LogP contribution in [0, 0.1) is 0 Å². The quantitative estimate of drug-likeness (QED) is 0.216. The Morgan fingerprint density at radius 1 is 1.17 bits per heavy atom. The molecule has 0 spiro atoms. The van der Waals surface area contributed by atoms with Gasteiger partial charge in [-0.1, -0.05) is 0 Å². The van der Waals surface area contributed by atoms with Gasteiger partial charge >= 0.3 is 0 Å². The zero-order valence-electron chi connectivity index (χ0n) is 16.0. The van der Waals surface area contributed by atoms with Crippen molar-refractivity contribution in [2.75, 3.05) is 38.7 Å². The number of nitrogens with one attached hydrogen (secondary N) is 2. The van der Waals surface area contributed by atoms with E-state index in [9.17, 15) is 9.90 Å². The van der Waals surface area contributed by atoms with Gasteiger partial charge in [-0.15, -0.1) is 0 Å². The highest BCUT2D eigenvalue weighted by molar-refractivity contribution is 6.10. The summed E-state index contributed by atoms with van der Waals surface area (Å²) in [5.74, 6) is 0.310. The lowest BCUT2D eigenvalue weighted by Gasteiger charge is -2.13. The number of phenolic OH excluding ortho intramolecular Hbond substituents is 1. The maximum atomic E-state index is 13.5. The van der Waals surface area contributed by atoms with E-state index in [0.717, 1.165) is 5.39 Å². The van der Waals surface area contributed by atoms with E-state index in [1.165, 1.54) is 13.2 Å². The number of phenols is 1. The van der Waals surface area contributed by atoms with E-state index in [1.54, 1.807) is 10.6 Å². The van der Waals surface area contributed by atoms with Gasteiger partial charge in [0, 0.05) is 37.3 Å². The summed E-state index contributed by atoms with van der Waals surface area (Å²) in [7, 11) is 1.48. The molecule has 0 bridgehead atoms. The number of fused-ring (bicyclic) bond motifs is 2. The van der Waals surface area contributed by atoms with Gasteiger partial charge in [0.1, 0.15) is 17.0 Å². The standard InChI is InChI=1S/C20H23N5O4/c1-29-15-5-4-14(27)19-17(15)20(28)16-12(23-7-6-21)3-2-11-13(10-22-8-9-26)24-25(19)18(11)16/h2-5,22-23,26-27H,6-10,21H2,1H3. The molecule has 4 rings (SSSR count). The number of anilines is 1. The van der Waals surface area contributed by atoms with Crippen molar-refractivity contribution in [2.45, 2.75) is 6.54 Å². The fourth-order valence-corrected chi connectivity index (χ4v) is 3.72. The van der Waals surface area contributed by atoms with Crippen molar-refractivity contribution in [3.8, 4) is 11.5 Å². The van der Waals surface area contributed by atoms with Crippen molar-refractivity contribution < 1.29 is 14.9 Å². The Morgan fingerprint density at radius 2 is 2.00 bits per heavy atom. The van der Waals surface area contributed by atoms with Crippen molar-refractivity contribution in [1.82, 2.24) is 14.9 Å². The third-order valence-electron chi connectivity index (χ3n) is 4.97. The van der Waals surface area contributed by atoms with E-state index in [2.05, 4.69) is 15.7 Å². The lowest BCUT2D eigenvalue weighted by Crippen LogP contribution is -2.17. The topological polar surface area (TPSA) is 134 Å². The monoisotopic (exact) mass is 397 g/mol. The summed E-state index contributed by atoms with van der Waals surface area (Å²) in [6.45, 7) is 1.77. The van der Waals surface area contributed by atoms with Crippen LogP contribution in [0.2, 0.25) is 0 Å². The zero-order valence-corrected chi connectivity index (χ0v) is 16.0. The Labute approximate surface area is 166 Å². The van der Waals surface area contributed by atoms with Crippen molar-refractivity contribution in [1.29, 1.82) is 0 Å². The number of ether oxygens (including phenoxy) is 1. The molecule has 0 saturated heterocycles. The van der Waals surface area contributed by atoms with Gasteiger partial charge in [0.05, 0.1) is 35.7 Å². The minimum atomic E-state index is -0.250. The van der Waals surface area contributed by atoms with Crippen LogP contribution in [0.15, 0.2) is 29.1 Å². The van der Waals surface area contributed by atoms with Gasteiger partial charge in [-0.2, -0.15) is 5.10 Å². The van der Waals surface area contributed by atoms with E-state index in [1.807, 2.05) is 12.1 Å². The number of nitrogens with two attached hydrogens (primary N) is 1. The predicted molar refractivity (Wildman–Crippen MR) is 112 cm³/mol. The third kappa shape index (κ3) is 3.00. The van der Waals surface area contributed by atoms with Crippen molar-refractivity contribution in [2.24, 2.45) is 5.73 Å². The minimum absolute atomic E-state index is 0.0103. The number of nitrogens with zero attached hydrogens (tertiary/aromatic N) is 2. The maximum absolute atomic E-state index is 13.5. The van der Waals surface area contributed by atoms with Gasteiger partial charge in [-0.3, -0.25) is 4.79 Å². The summed E-state index contributed by atoms with van der Waals surface area (Å²) in [5, 5.41) is 32.1. The largest absolute Gasteiger partial charge is 0.506 e. The number of methoxy groups -OCH3 is 1. The molecule has 2 aromatic heterocycles. The molecule has 6 N–H and O–H groups in total. The molecule has 0 aliphatic rings. The summed E-state index contributed by atoms with van der Waals surface area (Å²) < 4.78 is 7.00. The van der Waals surface area contributed by atoms with Gasteiger partial charge in [-0.05, 0) is 24.3 Å². The molecule has 0 saturated carbocycles. The first-order valence-corrected chi connectivity index (χ1v) is 9.37. The first kappa shape index (κ1) is 19.2. The highest BCUT2D eigenvalue weighted by Gasteiger charge is 2.23. The number of aliphatic hydroxyl groups excluding tert-OH is 1. The molecule has 29 heavy (non-hydrogen) atoms. The normalized spacial score (nSPS) is 11.7. The second kappa shape index (κ2) is 7.70. The lowest BCUT2D eigenvalue weighted by atomic mass is 10.0. The van der Waals surface area contributed by atoms with Crippen LogP contribution in [0.1, 0.15) is 5.69 Å². The van der Waals surface area contributed by atoms with Gasteiger partial charge in [-0.25, -0.2) is 4.52 Å². The Kier molecular flexibility index (Phi) is 5.10. The van der Waals surface area contributed by atoms with Crippen LogP contribution in [0.3, 0.4) is 0 Å². The van der Waals surface area contributed by atoms with Crippen molar-refractivity contribution >= 4 is 32.9 Å². The third-order valence-corrected chi connectivity index (χ3v) is 4.97. The number of benzene rings is 2. The summed E-state index contributed by atoms with van der Waals surface area (Å²) in [6.07, 6.45) is 0. The highest BCUT2D eigenvalue weighted by Crippen LogP contribution is 2.36. The fourth-order valence-electron chi connectivity index (χ4n) is 3.72. The van der Waals surface area contributed by atoms with Crippen LogP contribution < -0.4 is 26.5 Å². The highest BCUT2D eigenvalue weighted by atomic mass is 16.5. The van der Waals surface area contributed by atoms with E-state index >= 15 is 0 Å². The molecule has 2 heterocycles. The van der Waals surface area contributed by atoms with E-state index in [-0.39, 0.29) is 23.2 Å². The van der Waals surface area contributed by atoms with Crippen LogP contribution in [-0.2, 0) is 6.54 Å². The number of pyridine rings is 1. The van der Waals surface area contributed by atoms with Crippen LogP contribution in [-0.4, -0.2) is 53.2 Å². The Hall–Kier alpha value is -3.14. The van der Waals surface area contributed by atoms with Crippen LogP contribution in [0.25, 0.3) is 27.2 Å². The Morgan fingerprint density at radius 3 is 2.72 bits per heavy atom. The van der Waals surface area contributed by atoms with Crippen molar-refractivity contribution in [3.63, 3.8) is 0 Å². The molecule has 0 atom stereocenters. The van der Waals surface area contributed by atoms with Crippen LogP contribution in [0.5, 0.6) is 11.5 Å². The smallest absolute Gasteiger partial charge is 0.203 e. The Bertz CT molecular complexity index is 1240. The molecule has 4 aromatic rings. The first-order valence-electron chi connectivity index (χ1n) is 9.37. The summed E-state index contributed by atoms with van der Waals surface area (Å²) >= 11 is 0. The summed E-state index contributed by atoms with van der Waals surface area (Å²) in [5.41, 5.74) is 7.66. The predicted octanol–water partition coefficient (Wildman–Crippen LogP) is 0.605. The second-order valence-electron chi connectivity index (χ2n) is 6.70. The lowest BCUT2D eigenvalue weighted by molar-refractivity contribution is 0.291. The molecule has 0 radical (unpaired) electrons. The van der Waals surface area contributed by atoms with Gasteiger partial charge in [0.15, 0.2) is 0 Å². The molecular weight excluding hydrogens is 374 g/mol. The van der Waals surface area contributed by atoms with Crippen LogP contribution in [0.4, 0.5) is 5.69 Å². The molecule has 152 valence electrons. The van der Waals surface area contributed by atoms with Gasteiger partial charge < -0.3 is 31.3 Å². The number of hydrogen-bond donors (Lipinski definition) is 5. The SMILES string of the molecule is COc1ccc(O)c2c1c(=O)c1c(NCCN)ccc3c(CNCCO)nn2c31. The molecule has 9 nitrogen and oxygen atoms in total. The molecule has 0 aliphatic heterocycles. The minimum Gasteiger partial charge on any atom is -0.506 e. The Balaban J connectivity index is 2.13. The number of aliphatic hydroxyl groups is 1. The number of aromatic nitrogens is 2. The maximum Gasteiger partial charge on any atom is 0.203 e. The number of aromatic hydroxyl groups is 1. The molecule has 9 heteroatoms. The molecule has 0 fully saturated rings. The molecular formula is C20H23N5O4. The average Bonchev–Trinajstić information content (AvgIpc) is 3.09. The zero-order chi connectivity index (χ0) is 20.5. The van der Waals surface area contributed by atoms with Crippen LogP contribution >= 0.6 is 0 Å². The fraction of sp³-hybridized carbons (Fsp3) is 0.300. The summed E-state index contributed by atoms with van der Waals surface area (Å²) in [6, 6.07) is 6.79. The van der Waals surface area contributed by atoms with E-state index < -0.39 is 0 Å². The second-order valence-corrected chi connectivity index (χ2v) is 6.70. The first-order chi connectivity index (χ1) is 14.1. The van der Waals surface area contributed by atoms with E-state index in [0.29, 0.717) is 59.7 Å². The molecule has 0 amide bonds. The summed E-state index contributed by atoms with van der Waals surface area (Å²) in [4.78, 5) is 13.5. The van der Waals surface area contributed by atoms with Gasteiger partial charge in [0.2, 0.25) is 5.43 Å². The van der Waals surface area contributed by atoms with Gasteiger partial charge in [0.25, 0.3) is 0 Å². The van der Waals surface area contributed by atoms with Crippen molar-refractivity contribution in [3.05, 3.63) is 40.2 Å². The average molecular weight is 397 g/mol. The molecule has 0 unspecified atom stereocenters.